The van der Waals surface area contributed by atoms with E-state index in [0.29, 0.717) is 5.02 Å². The van der Waals surface area contributed by atoms with Gasteiger partial charge in [-0.3, -0.25) is 5.84 Å². The summed E-state index contributed by atoms with van der Waals surface area (Å²) < 4.78 is 1.66. The molecule has 2 aromatic carbocycles. The molecule has 0 aliphatic rings. The molecule has 0 saturated carbocycles. The number of thioether (sulfide) groups is 1. The lowest BCUT2D eigenvalue weighted by Crippen LogP contribution is -2.06. The summed E-state index contributed by atoms with van der Waals surface area (Å²) >= 11 is 11.9. The molecule has 0 bridgehead atoms. The van der Waals surface area contributed by atoms with Gasteiger partial charge >= 0.3 is 0 Å². The van der Waals surface area contributed by atoms with E-state index in [4.69, 9.17) is 17.4 Å². The lowest BCUT2D eigenvalue weighted by molar-refractivity contribution is 1.35. The van der Waals surface area contributed by atoms with E-state index in [2.05, 4.69) is 17.6 Å². The average Bonchev–Trinajstić information content (AvgIpc) is 2.42. The highest BCUT2D eigenvalue weighted by atomic mass is 35.5. The van der Waals surface area contributed by atoms with Gasteiger partial charge in [-0.1, -0.05) is 65.9 Å². The second-order valence-electron chi connectivity index (χ2n) is 3.15. The van der Waals surface area contributed by atoms with E-state index in [9.17, 15) is 0 Å². The van der Waals surface area contributed by atoms with Gasteiger partial charge in [0, 0.05) is 9.59 Å². The summed E-state index contributed by atoms with van der Waals surface area (Å²) in [6, 6.07) is 17.4. The molecule has 2 aromatic rings. The first-order valence-corrected chi connectivity index (χ1v) is 6.87. The Balaban J connectivity index is 0.000000180. The third-order valence-corrected chi connectivity index (χ3v) is 3.22. The van der Waals surface area contributed by atoms with E-state index in [1.165, 1.54) is 4.90 Å². The minimum Gasteiger partial charge on any atom is -0.323 e. The number of nitrogens with one attached hydrogen (secondary N) is 1. The molecule has 0 radical (unpaired) electrons. The summed E-state index contributed by atoms with van der Waals surface area (Å²) in [4.78, 5) is 1.20. The van der Waals surface area contributed by atoms with Crippen LogP contribution in [0.3, 0.4) is 0 Å². The summed E-state index contributed by atoms with van der Waals surface area (Å²) in [5, 5.41) is 0.639. The van der Waals surface area contributed by atoms with Crippen molar-refractivity contribution in [1.82, 2.24) is 0 Å². The third-order valence-electron chi connectivity index (χ3n) is 1.96. The van der Waals surface area contributed by atoms with Crippen LogP contribution in [0.4, 0.5) is 5.69 Å². The van der Waals surface area contributed by atoms with Crippen LogP contribution in [-0.2, 0) is 0 Å². The molecular formula is C13H13ClN2S2. The molecule has 0 fully saturated rings. The second-order valence-corrected chi connectivity index (χ2v) is 5.04. The van der Waals surface area contributed by atoms with Crippen LogP contribution in [0.1, 0.15) is 0 Å². The first kappa shape index (κ1) is 15.0. The molecule has 0 unspecified atom stereocenters. The number of hydrogen-bond acceptors (Lipinski definition) is 4. The Bertz CT molecular complexity index is 477. The minimum absolute atomic E-state index is 0.639. The Labute approximate surface area is 122 Å². The molecule has 0 atom stereocenters. The molecule has 2 nitrogen and oxygen atoms in total. The topological polar surface area (TPSA) is 38.0 Å². The maximum atomic E-state index is 5.68. The Morgan fingerprint density at radius 3 is 2.17 bits per heavy atom. The van der Waals surface area contributed by atoms with E-state index < -0.39 is 0 Å². The van der Waals surface area contributed by atoms with Crippen molar-refractivity contribution in [2.75, 3.05) is 5.43 Å². The van der Waals surface area contributed by atoms with Gasteiger partial charge in [0.1, 0.15) is 0 Å². The number of halogens is 1. The van der Waals surface area contributed by atoms with Crippen LogP contribution in [0, 0.1) is 0 Å². The molecule has 5 heteroatoms. The summed E-state index contributed by atoms with van der Waals surface area (Å²) in [7, 11) is 0. The molecule has 0 spiro atoms. The molecule has 18 heavy (non-hydrogen) atoms. The van der Waals surface area contributed by atoms with Crippen LogP contribution < -0.4 is 11.3 Å². The van der Waals surface area contributed by atoms with Crippen molar-refractivity contribution in [3.63, 3.8) is 0 Å². The SMILES string of the molecule is NNc1ccccc1Cl.S=CSc1ccccc1. The molecule has 0 heterocycles. The average molecular weight is 297 g/mol. The number of nitrogens with two attached hydrogens (primary N) is 1. The second kappa shape index (κ2) is 8.94. The Kier molecular flexibility index (Phi) is 7.44. The van der Waals surface area contributed by atoms with Crippen LogP contribution in [0.2, 0.25) is 5.02 Å². The van der Waals surface area contributed by atoms with Crippen molar-refractivity contribution in [1.29, 1.82) is 0 Å². The predicted octanol–water partition coefficient (Wildman–Crippen LogP) is 4.36. The summed E-state index contributed by atoms with van der Waals surface area (Å²) in [6.45, 7) is 0. The van der Waals surface area contributed by atoms with E-state index in [1.807, 2.05) is 48.5 Å². The van der Waals surface area contributed by atoms with Gasteiger partial charge < -0.3 is 5.43 Å². The normalized spacial score (nSPS) is 9.00. The number of hydrogen-bond donors (Lipinski definition) is 2. The van der Waals surface area contributed by atoms with Gasteiger partial charge in [0.2, 0.25) is 0 Å². The van der Waals surface area contributed by atoms with Crippen molar-refractivity contribution in [2.45, 2.75) is 4.90 Å². The van der Waals surface area contributed by atoms with Gasteiger partial charge in [0.15, 0.2) is 0 Å². The minimum atomic E-state index is 0.639. The van der Waals surface area contributed by atoms with Gasteiger partial charge in [-0.2, -0.15) is 0 Å². The highest BCUT2D eigenvalue weighted by Gasteiger charge is 1.91. The number of benzene rings is 2. The smallest absolute Gasteiger partial charge is 0.0671 e. The summed E-state index contributed by atoms with van der Waals surface area (Å²) in [5.74, 6) is 5.12. The van der Waals surface area contributed by atoms with E-state index in [-0.39, 0.29) is 0 Å². The molecule has 94 valence electrons. The number of thiocarbonyl (C=S) groups is 1. The molecule has 2 rings (SSSR count). The predicted molar refractivity (Wildman–Crippen MR) is 85.2 cm³/mol. The van der Waals surface area contributed by atoms with E-state index in [1.54, 1.807) is 22.5 Å². The molecular weight excluding hydrogens is 284 g/mol. The first-order valence-electron chi connectivity index (χ1n) is 5.14. The van der Waals surface area contributed by atoms with Crippen molar-refractivity contribution < 1.29 is 0 Å². The number of rotatable bonds is 3. The first-order chi connectivity index (χ1) is 8.77. The molecule has 0 aromatic heterocycles. The van der Waals surface area contributed by atoms with Crippen LogP contribution in [0.15, 0.2) is 59.5 Å². The zero-order valence-corrected chi connectivity index (χ0v) is 11.9. The molecule has 0 aliphatic heterocycles. The fourth-order valence-corrected chi connectivity index (χ4v) is 2.08. The van der Waals surface area contributed by atoms with Crippen LogP contribution >= 0.6 is 35.6 Å². The fourth-order valence-electron chi connectivity index (χ4n) is 1.13. The summed E-state index contributed by atoms with van der Waals surface area (Å²) in [5.41, 5.74) is 3.21. The molecule has 0 amide bonds. The van der Waals surface area contributed by atoms with Gasteiger partial charge in [-0.05, 0) is 24.3 Å². The highest BCUT2D eigenvalue weighted by Crippen LogP contribution is 2.18. The van der Waals surface area contributed by atoms with Gasteiger partial charge in [0.25, 0.3) is 0 Å². The Morgan fingerprint density at radius 1 is 1.06 bits per heavy atom. The maximum Gasteiger partial charge on any atom is 0.0671 e. The van der Waals surface area contributed by atoms with E-state index in [0.717, 1.165) is 5.69 Å². The number of hydrazine groups is 1. The standard InChI is InChI=1S/C7H6S2.C6H7ClN2/c8-6-9-7-4-2-1-3-5-7;7-5-3-1-2-4-6(5)9-8/h1-6H;1-4,9H,8H2. The third kappa shape index (κ3) is 5.51. The molecule has 0 saturated heterocycles. The van der Waals surface area contributed by atoms with Gasteiger partial charge in [-0.15, -0.1) is 0 Å². The van der Waals surface area contributed by atoms with E-state index >= 15 is 0 Å². The number of nitrogen functional groups attached to an aromatic ring is 1. The Morgan fingerprint density at radius 2 is 1.67 bits per heavy atom. The van der Waals surface area contributed by atoms with Crippen molar-refractivity contribution in [2.24, 2.45) is 5.84 Å². The highest BCUT2D eigenvalue weighted by molar-refractivity contribution is 8.20. The summed E-state index contributed by atoms with van der Waals surface area (Å²) in [6.07, 6.45) is 0. The zero-order chi connectivity index (χ0) is 13.2. The lowest BCUT2D eigenvalue weighted by atomic mass is 10.3. The number of para-hydroxylation sites is 1. The number of anilines is 1. The van der Waals surface area contributed by atoms with Crippen LogP contribution in [0.5, 0.6) is 0 Å². The quantitative estimate of drug-likeness (QED) is 0.382. The monoisotopic (exact) mass is 296 g/mol. The van der Waals surface area contributed by atoms with Crippen molar-refractivity contribution in [3.05, 3.63) is 59.6 Å². The Hall–Kier alpha value is -1.07. The molecule has 0 aliphatic carbocycles. The zero-order valence-electron chi connectivity index (χ0n) is 9.55. The maximum absolute atomic E-state index is 5.68. The molecule has 3 N–H and O–H groups in total. The van der Waals surface area contributed by atoms with Crippen LogP contribution in [0.25, 0.3) is 0 Å². The van der Waals surface area contributed by atoms with Crippen molar-refractivity contribution in [3.8, 4) is 0 Å². The lowest BCUT2D eigenvalue weighted by Gasteiger charge is -1.99. The van der Waals surface area contributed by atoms with Crippen LogP contribution in [-0.4, -0.2) is 4.70 Å². The van der Waals surface area contributed by atoms with Gasteiger partial charge in [-0.25, -0.2) is 0 Å². The largest absolute Gasteiger partial charge is 0.323 e. The van der Waals surface area contributed by atoms with Crippen molar-refractivity contribution >= 4 is 46.0 Å². The fraction of sp³-hybridized carbons (Fsp3) is 0. The van der Waals surface area contributed by atoms with Gasteiger partial charge in [0.05, 0.1) is 10.7 Å².